The molecular weight excluding hydrogens is 362 g/mol. The SMILES string of the molecule is CN(C(=O)CN(C)S(=O)(=O)c1ccc(C#N)cc1)C1CCc2ccccc21. The van der Waals surface area contributed by atoms with Crippen molar-refractivity contribution in [2.75, 3.05) is 20.6 Å². The van der Waals surface area contributed by atoms with Crippen molar-refractivity contribution in [3.8, 4) is 6.07 Å². The lowest BCUT2D eigenvalue weighted by Gasteiger charge is -2.27. The van der Waals surface area contributed by atoms with E-state index in [4.69, 9.17) is 5.26 Å². The highest BCUT2D eigenvalue weighted by atomic mass is 32.2. The highest BCUT2D eigenvalue weighted by molar-refractivity contribution is 7.89. The smallest absolute Gasteiger partial charge is 0.243 e. The van der Waals surface area contributed by atoms with Crippen molar-refractivity contribution in [1.82, 2.24) is 9.21 Å². The van der Waals surface area contributed by atoms with E-state index in [2.05, 4.69) is 6.07 Å². The number of rotatable bonds is 5. The van der Waals surface area contributed by atoms with Crippen LogP contribution in [0.5, 0.6) is 0 Å². The number of benzene rings is 2. The molecule has 0 fully saturated rings. The van der Waals surface area contributed by atoms with Crippen LogP contribution >= 0.6 is 0 Å². The van der Waals surface area contributed by atoms with Crippen LogP contribution in [0.25, 0.3) is 0 Å². The molecule has 1 unspecified atom stereocenters. The van der Waals surface area contributed by atoms with E-state index in [1.165, 1.54) is 36.9 Å². The molecule has 0 saturated heterocycles. The Hall–Kier alpha value is -2.69. The molecule has 0 radical (unpaired) electrons. The van der Waals surface area contributed by atoms with Crippen molar-refractivity contribution in [1.29, 1.82) is 5.26 Å². The molecule has 0 N–H and O–H groups in total. The zero-order valence-electron chi connectivity index (χ0n) is 15.3. The molecule has 0 aliphatic heterocycles. The summed E-state index contributed by atoms with van der Waals surface area (Å²) < 4.78 is 26.4. The molecule has 1 aliphatic carbocycles. The van der Waals surface area contributed by atoms with Crippen molar-refractivity contribution in [2.24, 2.45) is 0 Å². The third kappa shape index (κ3) is 3.72. The van der Waals surface area contributed by atoms with Gasteiger partial charge in [0.15, 0.2) is 0 Å². The fourth-order valence-electron chi connectivity index (χ4n) is 3.38. The van der Waals surface area contributed by atoms with Gasteiger partial charge < -0.3 is 4.90 Å². The van der Waals surface area contributed by atoms with Crippen LogP contribution in [0.4, 0.5) is 0 Å². The molecule has 3 rings (SSSR count). The maximum atomic E-state index is 12.7. The second-order valence-electron chi connectivity index (χ2n) is 6.66. The first kappa shape index (κ1) is 19.1. The summed E-state index contributed by atoms with van der Waals surface area (Å²) in [4.78, 5) is 14.4. The molecule has 0 heterocycles. The molecule has 0 aromatic heterocycles. The number of fused-ring (bicyclic) bond motifs is 1. The Labute approximate surface area is 159 Å². The Kier molecular flexibility index (Phi) is 5.31. The monoisotopic (exact) mass is 383 g/mol. The molecule has 27 heavy (non-hydrogen) atoms. The average molecular weight is 383 g/mol. The van der Waals surface area contributed by atoms with Gasteiger partial charge in [-0.3, -0.25) is 4.79 Å². The van der Waals surface area contributed by atoms with E-state index in [0.29, 0.717) is 5.56 Å². The minimum Gasteiger partial charge on any atom is -0.338 e. The molecule has 1 atom stereocenters. The van der Waals surface area contributed by atoms with Crippen molar-refractivity contribution in [3.63, 3.8) is 0 Å². The van der Waals surface area contributed by atoms with Gasteiger partial charge in [-0.2, -0.15) is 9.57 Å². The third-order valence-corrected chi connectivity index (χ3v) is 6.83. The van der Waals surface area contributed by atoms with Crippen LogP contribution in [-0.4, -0.2) is 44.2 Å². The maximum Gasteiger partial charge on any atom is 0.243 e. The van der Waals surface area contributed by atoms with E-state index < -0.39 is 10.0 Å². The fourth-order valence-corrected chi connectivity index (χ4v) is 4.50. The van der Waals surface area contributed by atoms with E-state index in [9.17, 15) is 13.2 Å². The molecule has 0 spiro atoms. The molecular formula is C20H21N3O3S. The van der Waals surface area contributed by atoms with Crippen LogP contribution in [0.15, 0.2) is 53.4 Å². The van der Waals surface area contributed by atoms with Gasteiger partial charge in [-0.25, -0.2) is 8.42 Å². The van der Waals surface area contributed by atoms with Crippen molar-refractivity contribution < 1.29 is 13.2 Å². The summed E-state index contributed by atoms with van der Waals surface area (Å²) >= 11 is 0. The highest BCUT2D eigenvalue weighted by Gasteiger charge is 2.30. The van der Waals surface area contributed by atoms with Crippen LogP contribution in [0.1, 0.15) is 29.2 Å². The van der Waals surface area contributed by atoms with Gasteiger partial charge in [-0.1, -0.05) is 24.3 Å². The number of nitriles is 1. The summed E-state index contributed by atoms with van der Waals surface area (Å²) in [6, 6.07) is 15.6. The molecule has 2 aromatic rings. The van der Waals surface area contributed by atoms with E-state index in [0.717, 1.165) is 22.7 Å². The van der Waals surface area contributed by atoms with Crippen molar-refractivity contribution in [2.45, 2.75) is 23.8 Å². The summed E-state index contributed by atoms with van der Waals surface area (Å²) in [6.45, 7) is -0.239. The first-order valence-corrected chi connectivity index (χ1v) is 10.1. The van der Waals surface area contributed by atoms with E-state index in [-0.39, 0.29) is 23.4 Å². The largest absolute Gasteiger partial charge is 0.338 e. The molecule has 0 bridgehead atoms. The normalized spacial score (nSPS) is 16.0. The minimum atomic E-state index is -3.80. The number of nitrogens with zero attached hydrogens (tertiary/aromatic N) is 3. The number of carbonyl (C=O) groups excluding carboxylic acids is 1. The lowest BCUT2D eigenvalue weighted by Crippen LogP contribution is -2.40. The van der Waals surface area contributed by atoms with Crippen LogP contribution in [0.3, 0.4) is 0 Å². The van der Waals surface area contributed by atoms with Crippen molar-refractivity contribution >= 4 is 15.9 Å². The number of likely N-dealkylation sites (N-methyl/N-ethyl adjacent to an activating group) is 2. The molecule has 1 amide bonds. The topological polar surface area (TPSA) is 81.5 Å². The first-order valence-electron chi connectivity index (χ1n) is 8.64. The summed E-state index contributed by atoms with van der Waals surface area (Å²) in [5.41, 5.74) is 2.75. The maximum absolute atomic E-state index is 12.7. The van der Waals surface area contributed by atoms with Crippen LogP contribution in [0.2, 0.25) is 0 Å². The average Bonchev–Trinajstić information content (AvgIpc) is 3.11. The van der Waals surface area contributed by atoms with Crippen LogP contribution in [0, 0.1) is 11.3 Å². The quantitative estimate of drug-likeness (QED) is 0.793. The van der Waals surface area contributed by atoms with E-state index >= 15 is 0 Å². The van der Waals surface area contributed by atoms with Gasteiger partial charge in [0.1, 0.15) is 0 Å². The summed E-state index contributed by atoms with van der Waals surface area (Å²) in [7, 11) is -0.690. The van der Waals surface area contributed by atoms with Gasteiger partial charge >= 0.3 is 0 Å². The number of amides is 1. The second kappa shape index (κ2) is 7.51. The minimum absolute atomic E-state index is 0.0280. The summed E-state index contributed by atoms with van der Waals surface area (Å²) in [5.74, 6) is -0.253. The van der Waals surface area contributed by atoms with Gasteiger partial charge in [0, 0.05) is 14.1 Å². The van der Waals surface area contributed by atoms with Gasteiger partial charge in [0.05, 0.1) is 29.1 Å². The zero-order valence-corrected chi connectivity index (χ0v) is 16.1. The lowest BCUT2D eigenvalue weighted by molar-refractivity contribution is -0.132. The molecule has 1 aliphatic rings. The van der Waals surface area contributed by atoms with E-state index in [1.807, 2.05) is 24.3 Å². The fraction of sp³-hybridized carbons (Fsp3) is 0.300. The molecule has 140 valence electrons. The molecule has 0 saturated carbocycles. The van der Waals surface area contributed by atoms with Crippen LogP contribution < -0.4 is 0 Å². The Morgan fingerprint density at radius 2 is 1.81 bits per heavy atom. The first-order chi connectivity index (χ1) is 12.8. The predicted octanol–water partition coefficient (Wildman–Crippen LogP) is 2.32. The van der Waals surface area contributed by atoms with E-state index in [1.54, 1.807) is 11.9 Å². The zero-order chi connectivity index (χ0) is 19.6. The summed E-state index contributed by atoms with van der Waals surface area (Å²) in [6.07, 6.45) is 1.76. The number of hydrogen-bond donors (Lipinski definition) is 0. The number of sulfonamides is 1. The number of aryl methyl sites for hydroxylation is 1. The Balaban J connectivity index is 1.72. The lowest BCUT2D eigenvalue weighted by atomic mass is 10.1. The van der Waals surface area contributed by atoms with Gasteiger partial charge in [0.25, 0.3) is 0 Å². The van der Waals surface area contributed by atoms with Gasteiger partial charge in [-0.05, 0) is 48.2 Å². The standard InChI is InChI=1S/C20H21N3O3S/c1-22(27(25,26)17-10-7-15(13-21)8-11-17)14-20(24)23(2)19-12-9-16-5-3-4-6-18(16)19/h3-8,10-11,19H,9,12,14H2,1-2H3. The number of carbonyl (C=O) groups is 1. The van der Waals surface area contributed by atoms with Crippen LogP contribution in [-0.2, 0) is 21.2 Å². The molecule has 2 aromatic carbocycles. The second-order valence-corrected chi connectivity index (χ2v) is 8.70. The number of hydrogen-bond acceptors (Lipinski definition) is 4. The van der Waals surface area contributed by atoms with Gasteiger partial charge in [0.2, 0.25) is 15.9 Å². The predicted molar refractivity (Wildman–Crippen MR) is 101 cm³/mol. The Morgan fingerprint density at radius 3 is 2.48 bits per heavy atom. The van der Waals surface area contributed by atoms with Gasteiger partial charge in [-0.15, -0.1) is 0 Å². The summed E-state index contributed by atoms with van der Waals surface area (Å²) in [5, 5.41) is 8.83. The molecule has 7 heteroatoms. The molecule has 6 nitrogen and oxygen atoms in total. The van der Waals surface area contributed by atoms with Crippen molar-refractivity contribution in [3.05, 3.63) is 65.2 Å². The Morgan fingerprint density at radius 1 is 1.15 bits per heavy atom. The third-order valence-electron chi connectivity index (χ3n) is 5.01. The highest BCUT2D eigenvalue weighted by Crippen LogP contribution is 2.34. The Bertz CT molecular complexity index is 994.